The third-order valence-electron chi connectivity index (χ3n) is 4.24. The number of rotatable bonds is 3. The van der Waals surface area contributed by atoms with Crippen LogP contribution in [0, 0.1) is 11.3 Å². The molecule has 0 spiro atoms. The summed E-state index contributed by atoms with van der Waals surface area (Å²) in [6.45, 7) is 0. The van der Waals surface area contributed by atoms with E-state index in [9.17, 15) is 10.1 Å². The van der Waals surface area contributed by atoms with Crippen LogP contribution in [0.5, 0.6) is 5.75 Å². The first-order valence-electron chi connectivity index (χ1n) is 7.90. The molecule has 0 N–H and O–H groups in total. The Morgan fingerprint density at radius 3 is 2.96 bits per heavy atom. The zero-order valence-electron chi connectivity index (χ0n) is 13.5. The van der Waals surface area contributed by atoms with Crippen LogP contribution in [0.3, 0.4) is 0 Å². The van der Waals surface area contributed by atoms with Crippen molar-refractivity contribution in [3.8, 4) is 11.8 Å². The zero-order valence-corrected chi connectivity index (χ0v) is 15.1. The summed E-state index contributed by atoms with van der Waals surface area (Å²) in [4.78, 5) is 17.0. The molecule has 126 valence electrons. The van der Waals surface area contributed by atoms with Gasteiger partial charge in [-0.1, -0.05) is 11.3 Å². The van der Waals surface area contributed by atoms with Gasteiger partial charge in [0.15, 0.2) is 11.3 Å². The minimum atomic E-state index is -0.361. The van der Waals surface area contributed by atoms with Gasteiger partial charge in [0.25, 0.3) is 0 Å². The van der Waals surface area contributed by atoms with Crippen molar-refractivity contribution < 1.29 is 9.15 Å². The normalized spacial score (nSPS) is 13.9. The Kier molecular flexibility index (Phi) is 4.15. The summed E-state index contributed by atoms with van der Waals surface area (Å²) in [6, 6.07) is 5.94. The first-order chi connectivity index (χ1) is 12.2. The number of hydrogen-bond donors (Lipinski definition) is 0. The molecule has 7 heteroatoms. The Labute approximate surface area is 151 Å². The van der Waals surface area contributed by atoms with E-state index in [2.05, 4.69) is 11.1 Å². The lowest BCUT2D eigenvalue weighted by Crippen LogP contribution is -1.99. The van der Waals surface area contributed by atoms with Crippen LogP contribution >= 0.6 is 22.7 Å². The molecular weight excluding hydrogens is 356 g/mol. The van der Waals surface area contributed by atoms with Crippen molar-refractivity contribution in [1.82, 2.24) is 0 Å². The molecular formula is C18H14N2O3S2. The number of benzene rings is 1. The molecule has 2 aromatic heterocycles. The van der Waals surface area contributed by atoms with E-state index in [1.165, 1.54) is 24.0 Å². The number of aryl methyl sites for hydroxylation is 1. The standard InChI is InChI=1S/C18H14N2O3S2/c1-22-13-6-10(7-15-16(13)23-18(21)25-15)9-20-17-12(8-19)11-4-2-3-5-14(11)24-17/h6-7,9H,2-5H2,1H3. The minimum Gasteiger partial charge on any atom is -0.493 e. The molecule has 0 radical (unpaired) electrons. The van der Waals surface area contributed by atoms with Gasteiger partial charge in [0, 0.05) is 11.1 Å². The lowest BCUT2D eigenvalue weighted by molar-refractivity contribution is 0.408. The molecule has 25 heavy (non-hydrogen) atoms. The van der Waals surface area contributed by atoms with Crippen LogP contribution in [0.25, 0.3) is 10.3 Å². The molecule has 4 rings (SSSR count). The molecule has 5 nitrogen and oxygen atoms in total. The molecule has 2 heterocycles. The smallest absolute Gasteiger partial charge is 0.396 e. The zero-order chi connectivity index (χ0) is 17.4. The Bertz CT molecular complexity index is 1080. The fourth-order valence-corrected chi connectivity index (χ4v) is 5.00. The van der Waals surface area contributed by atoms with Crippen LogP contribution in [-0.4, -0.2) is 13.3 Å². The molecule has 0 amide bonds. The third-order valence-corrected chi connectivity index (χ3v) is 6.21. The number of methoxy groups -OCH3 is 1. The van der Waals surface area contributed by atoms with Crippen LogP contribution < -0.4 is 9.68 Å². The van der Waals surface area contributed by atoms with Gasteiger partial charge >= 0.3 is 4.94 Å². The summed E-state index contributed by atoms with van der Waals surface area (Å²) in [5.41, 5.74) is 3.14. The molecule has 1 aliphatic rings. The number of ether oxygens (including phenoxy) is 1. The first kappa shape index (κ1) is 16.1. The Morgan fingerprint density at radius 2 is 2.16 bits per heavy atom. The Hall–Kier alpha value is -2.43. The van der Waals surface area contributed by atoms with Crippen molar-refractivity contribution in [3.05, 3.63) is 43.4 Å². The van der Waals surface area contributed by atoms with Gasteiger partial charge in [0.05, 0.1) is 17.4 Å². The topological polar surface area (TPSA) is 75.6 Å². The fraction of sp³-hybridized carbons (Fsp3) is 0.278. The summed E-state index contributed by atoms with van der Waals surface area (Å²) >= 11 is 2.64. The number of nitrogens with zero attached hydrogens (tertiary/aromatic N) is 2. The quantitative estimate of drug-likeness (QED) is 0.639. The number of nitriles is 1. The highest BCUT2D eigenvalue weighted by Crippen LogP contribution is 2.39. The van der Waals surface area contributed by atoms with E-state index in [1.54, 1.807) is 23.6 Å². The lowest BCUT2D eigenvalue weighted by atomic mass is 9.96. The SMILES string of the molecule is COc1cc(C=Nc2sc3c(c2C#N)CCCC3)cc2sc(=O)oc12. The molecule has 0 bridgehead atoms. The van der Waals surface area contributed by atoms with Gasteiger partial charge in [-0.15, -0.1) is 11.3 Å². The van der Waals surface area contributed by atoms with Crippen molar-refractivity contribution in [1.29, 1.82) is 5.26 Å². The highest BCUT2D eigenvalue weighted by atomic mass is 32.1. The maximum atomic E-state index is 11.5. The van der Waals surface area contributed by atoms with Gasteiger partial charge in [0.2, 0.25) is 0 Å². The van der Waals surface area contributed by atoms with Gasteiger partial charge in [-0.05, 0) is 48.9 Å². The molecule has 0 fully saturated rings. The third kappa shape index (κ3) is 2.88. The molecule has 0 saturated carbocycles. The second-order valence-corrected chi connectivity index (χ2v) is 7.83. The predicted molar refractivity (Wildman–Crippen MR) is 99.8 cm³/mol. The van der Waals surface area contributed by atoms with E-state index < -0.39 is 0 Å². The molecule has 1 aliphatic carbocycles. The lowest BCUT2D eigenvalue weighted by Gasteiger charge is -2.09. The molecule has 0 saturated heterocycles. The Morgan fingerprint density at radius 1 is 1.32 bits per heavy atom. The number of fused-ring (bicyclic) bond motifs is 2. The fourth-order valence-electron chi connectivity index (χ4n) is 3.08. The minimum absolute atomic E-state index is 0.361. The monoisotopic (exact) mass is 370 g/mol. The Balaban J connectivity index is 1.75. The van der Waals surface area contributed by atoms with Gasteiger partial charge in [-0.2, -0.15) is 5.26 Å². The summed E-state index contributed by atoms with van der Waals surface area (Å²) < 4.78 is 11.2. The largest absolute Gasteiger partial charge is 0.493 e. The van der Waals surface area contributed by atoms with Crippen molar-refractivity contribution >= 4 is 44.2 Å². The van der Waals surface area contributed by atoms with Crippen LogP contribution in [0.15, 0.2) is 26.3 Å². The summed E-state index contributed by atoms with van der Waals surface area (Å²) in [6.07, 6.45) is 6.02. The molecule has 0 aliphatic heterocycles. The average Bonchev–Trinajstić information content (AvgIpc) is 3.17. The van der Waals surface area contributed by atoms with Crippen molar-refractivity contribution in [2.75, 3.05) is 7.11 Å². The van der Waals surface area contributed by atoms with E-state index in [-0.39, 0.29) is 4.94 Å². The summed E-state index contributed by atoms with van der Waals surface area (Å²) in [5.74, 6) is 0.503. The maximum Gasteiger partial charge on any atom is 0.396 e. The first-order valence-corrected chi connectivity index (χ1v) is 9.53. The predicted octanol–water partition coefficient (Wildman–Crippen LogP) is 4.43. The summed E-state index contributed by atoms with van der Waals surface area (Å²) in [7, 11) is 1.54. The number of aliphatic imine (C=N–C) groups is 1. The van der Waals surface area contributed by atoms with Crippen LogP contribution in [0.4, 0.5) is 5.00 Å². The van der Waals surface area contributed by atoms with Crippen LogP contribution in [0.2, 0.25) is 0 Å². The van der Waals surface area contributed by atoms with E-state index in [1.807, 2.05) is 6.07 Å². The second kappa shape index (κ2) is 6.47. The average molecular weight is 370 g/mol. The van der Waals surface area contributed by atoms with Gasteiger partial charge in [0.1, 0.15) is 11.1 Å². The highest BCUT2D eigenvalue weighted by Gasteiger charge is 2.20. The van der Waals surface area contributed by atoms with E-state index in [4.69, 9.17) is 9.15 Å². The molecule has 3 aromatic rings. The van der Waals surface area contributed by atoms with Crippen molar-refractivity contribution in [3.63, 3.8) is 0 Å². The maximum absolute atomic E-state index is 11.5. The van der Waals surface area contributed by atoms with E-state index in [0.29, 0.717) is 16.9 Å². The van der Waals surface area contributed by atoms with Gasteiger partial charge < -0.3 is 9.15 Å². The molecule has 0 unspecified atom stereocenters. The van der Waals surface area contributed by atoms with Crippen molar-refractivity contribution in [2.45, 2.75) is 25.7 Å². The van der Waals surface area contributed by atoms with Crippen LogP contribution in [0.1, 0.15) is 34.4 Å². The molecule has 0 atom stereocenters. The van der Waals surface area contributed by atoms with Gasteiger partial charge in [-0.3, -0.25) is 0 Å². The highest BCUT2D eigenvalue weighted by molar-refractivity contribution is 7.16. The molecule has 1 aromatic carbocycles. The van der Waals surface area contributed by atoms with Crippen molar-refractivity contribution in [2.24, 2.45) is 4.99 Å². The second-order valence-electron chi connectivity index (χ2n) is 5.77. The van der Waals surface area contributed by atoms with E-state index >= 15 is 0 Å². The summed E-state index contributed by atoms with van der Waals surface area (Å²) in [5, 5.41) is 10.3. The van der Waals surface area contributed by atoms with E-state index in [0.717, 1.165) is 45.9 Å². The van der Waals surface area contributed by atoms with Crippen LogP contribution in [-0.2, 0) is 12.8 Å². The number of hydrogen-bond acceptors (Lipinski definition) is 7. The van der Waals surface area contributed by atoms with Gasteiger partial charge in [-0.25, -0.2) is 9.79 Å². The number of thiophene rings is 1.